The number of aliphatic carboxylic acids is 1. The Morgan fingerprint density at radius 2 is 2.30 bits per heavy atom. The number of rotatable bonds is 4. The lowest BCUT2D eigenvalue weighted by atomic mass is 10.1. The lowest BCUT2D eigenvalue weighted by Gasteiger charge is -2.25. The van der Waals surface area contributed by atoms with Crippen molar-refractivity contribution < 1.29 is 19.2 Å². The maximum Gasteiger partial charge on any atom is 0.320 e. The van der Waals surface area contributed by atoms with Gasteiger partial charge >= 0.3 is 5.97 Å². The molecule has 0 aromatic carbocycles. The molecule has 2 heterocycles. The van der Waals surface area contributed by atoms with E-state index >= 15 is 0 Å². The number of nitrogens with zero attached hydrogens (tertiary/aromatic N) is 2. The zero-order chi connectivity index (χ0) is 14.5. The first-order valence-electron chi connectivity index (χ1n) is 6.76. The molecule has 1 aromatic rings. The van der Waals surface area contributed by atoms with Crippen LogP contribution in [0.25, 0.3) is 0 Å². The summed E-state index contributed by atoms with van der Waals surface area (Å²) in [5, 5.41) is 15.5. The summed E-state index contributed by atoms with van der Waals surface area (Å²) in [6.45, 7) is 2.44. The average molecular weight is 281 g/mol. The second kappa shape index (κ2) is 6.51. The van der Waals surface area contributed by atoms with Crippen LogP contribution in [0.4, 0.5) is 5.88 Å². The maximum absolute atomic E-state index is 11.9. The van der Waals surface area contributed by atoms with Crippen LogP contribution in [0.2, 0.25) is 0 Å². The Kier molecular flexibility index (Phi) is 4.73. The molecule has 110 valence electrons. The van der Waals surface area contributed by atoms with Crippen LogP contribution < -0.4 is 5.32 Å². The molecule has 0 saturated carbocycles. The summed E-state index contributed by atoms with van der Waals surface area (Å²) in [6.07, 6.45) is 3.39. The highest BCUT2D eigenvalue weighted by Crippen LogP contribution is 2.17. The number of hydrogen-bond donors (Lipinski definition) is 2. The minimum absolute atomic E-state index is 0.0523. The fourth-order valence-corrected chi connectivity index (χ4v) is 2.42. The summed E-state index contributed by atoms with van der Waals surface area (Å²) in [5.74, 6) is -0.862. The minimum Gasteiger partial charge on any atom is -0.480 e. The average Bonchev–Trinajstić information content (AvgIpc) is 2.64. The molecule has 0 bridgehead atoms. The third-order valence-corrected chi connectivity index (χ3v) is 3.39. The number of nitrogens with one attached hydrogen (secondary N) is 1. The number of aryl methyl sites for hydroxylation is 1. The number of anilines is 1. The standard InChI is InChI=1S/C13H19N3O4/c1-9-7-12(20-15-9)14-11(17)8-16-6-4-2-3-5-10(16)13(18)19/h7,10H,2-6,8H2,1H3,(H,14,17)(H,18,19). The van der Waals surface area contributed by atoms with Gasteiger partial charge in [-0.2, -0.15) is 0 Å². The van der Waals surface area contributed by atoms with E-state index in [0.717, 1.165) is 19.3 Å². The van der Waals surface area contributed by atoms with Gasteiger partial charge in [-0.05, 0) is 26.3 Å². The van der Waals surface area contributed by atoms with Crippen LogP contribution in [0.1, 0.15) is 31.4 Å². The van der Waals surface area contributed by atoms with Crippen LogP contribution in [0, 0.1) is 6.92 Å². The van der Waals surface area contributed by atoms with Gasteiger partial charge in [-0.25, -0.2) is 0 Å². The molecule has 0 aliphatic carbocycles. The molecular weight excluding hydrogens is 262 g/mol. The van der Waals surface area contributed by atoms with Gasteiger partial charge in [0.2, 0.25) is 11.8 Å². The molecule has 1 aliphatic heterocycles. The van der Waals surface area contributed by atoms with Crippen molar-refractivity contribution in [2.75, 3.05) is 18.4 Å². The number of hydrogen-bond acceptors (Lipinski definition) is 5. The van der Waals surface area contributed by atoms with E-state index < -0.39 is 12.0 Å². The molecular formula is C13H19N3O4. The van der Waals surface area contributed by atoms with Gasteiger partial charge in [-0.15, -0.1) is 0 Å². The largest absolute Gasteiger partial charge is 0.480 e. The molecule has 7 heteroatoms. The molecule has 2 rings (SSSR count). The van der Waals surface area contributed by atoms with Gasteiger partial charge in [-0.3, -0.25) is 19.8 Å². The molecule has 1 aliphatic rings. The summed E-state index contributed by atoms with van der Waals surface area (Å²) < 4.78 is 4.91. The molecule has 2 N–H and O–H groups in total. The Morgan fingerprint density at radius 1 is 1.50 bits per heavy atom. The van der Waals surface area contributed by atoms with E-state index in [1.165, 1.54) is 0 Å². The minimum atomic E-state index is -0.866. The van der Waals surface area contributed by atoms with E-state index in [1.807, 2.05) is 0 Å². The molecule has 0 radical (unpaired) electrons. The summed E-state index contributed by atoms with van der Waals surface area (Å²) in [5.41, 5.74) is 0.679. The SMILES string of the molecule is Cc1cc(NC(=O)CN2CCCCCC2C(=O)O)on1. The quantitative estimate of drug-likeness (QED) is 0.862. The number of amides is 1. The second-order valence-electron chi connectivity index (χ2n) is 5.05. The van der Waals surface area contributed by atoms with Crippen LogP contribution in [-0.2, 0) is 9.59 Å². The highest BCUT2D eigenvalue weighted by Gasteiger charge is 2.28. The smallest absolute Gasteiger partial charge is 0.320 e. The Bertz CT molecular complexity index is 486. The third-order valence-electron chi connectivity index (χ3n) is 3.39. The molecule has 7 nitrogen and oxygen atoms in total. The van der Waals surface area contributed by atoms with Crippen molar-refractivity contribution in [1.29, 1.82) is 0 Å². The van der Waals surface area contributed by atoms with E-state index in [1.54, 1.807) is 17.9 Å². The number of carbonyl (C=O) groups is 2. The number of likely N-dealkylation sites (tertiary alicyclic amines) is 1. The van der Waals surface area contributed by atoms with E-state index in [9.17, 15) is 14.7 Å². The van der Waals surface area contributed by atoms with Crippen LogP contribution in [-0.4, -0.2) is 46.2 Å². The van der Waals surface area contributed by atoms with Crippen LogP contribution in [0.15, 0.2) is 10.6 Å². The Balaban J connectivity index is 1.95. The van der Waals surface area contributed by atoms with Crippen LogP contribution >= 0.6 is 0 Å². The zero-order valence-corrected chi connectivity index (χ0v) is 11.5. The van der Waals surface area contributed by atoms with Gasteiger partial charge < -0.3 is 9.63 Å². The number of carboxylic acids is 1. The Morgan fingerprint density at radius 3 is 2.95 bits per heavy atom. The molecule has 0 spiro atoms. The molecule has 1 saturated heterocycles. The molecule has 1 atom stereocenters. The van der Waals surface area contributed by atoms with Gasteiger partial charge in [0.05, 0.1) is 12.2 Å². The number of carbonyl (C=O) groups excluding carboxylic acids is 1. The molecule has 20 heavy (non-hydrogen) atoms. The van der Waals surface area contributed by atoms with Gasteiger partial charge in [0.25, 0.3) is 0 Å². The van der Waals surface area contributed by atoms with Crippen molar-refractivity contribution >= 4 is 17.8 Å². The Labute approximate surface area is 116 Å². The van der Waals surface area contributed by atoms with Crippen molar-refractivity contribution in [2.24, 2.45) is 0 Å². The normalized spacial score (nSPS) is 20.4. The van der Waals surface area contributed by atoms with Gasteiger partial charge in [-0.1, -0.05) is 18.0 Å². The maximum atomic E-state index is 11.9. The Hall–Kier alpha value is -1.89. The topological polar surface area (TPSA) is 95.7 Å². The van der Waals surface area contributed by atoms with E-state index in [-0.39, 0.29) is 18.3 Å². The van der Waals surface area contributed by atoms with Crippen molar-refractivity contribution in [1.82, 2.24) is 10.1 Å². The first kappa shape index (κ1) is 14.5. The lowest BCUT2D eigenvalue weighted by molar-refractivity contribution is -0.143. The van der Waals surface area contributed by atoms with Crippen LogP contribution in [0.3, 0.4) is 0 Å². The van der Waals surface area contributed by atoms with E-state index in [0.29, 0.717) is 18.7 Å². The highest BCUT2D eigenvalue weighted by atomic mass is 16.5. The molecule has 1 aromatic heterocycles. The van der Waals surface area contributed by atoms with Crippen molar-refractivity contribution in [3.05, 3.63) is 11.8 Å². The van der Waals surface area contributed by atoms with Gasteiger partial charge in [0, 0.05) is 6.07 Å². The summed E-state index contributed by atoms with van der Waals surface area (Å²) >= 11 is 0. The van der Waals surface area contributed by atoms with Crippen molar-refractivity contribution in [3.8, 4) is 0 Å². The lowest BCUT2D eigenvalue weighted by Crippen LogP contribution is -2.44. The third kappa shape index (κ3) is 3.80. The second-order valence-corrected chi connectivity index (χ2v) is 5.05. The first-order valence-corrected chi connectivity index (χ1v) is 6.76. The van der Waals surface area contributed by atoms with Gasteiger partial charge in [0.15, 0.2) is 0 Å². The van der Waals surface area contributed by atoms with E-state index in [2.05, 4.69) is 10.5 Å². The highest BCUT2D eigenvalue weighted by molar-refractivity contribution is 5.91. The fraction of sp³-hybridized carbons (Fsp3) is 0.615. The van der Waals surface area contributed by atoms with Gasteiger partial charge in [0.1, 0.15) is 6.04 Å². The molecule has 1 amide bonds. The summed E-state index contributed by atoms with van der Waals surface area (Å²) in [4.78, 5) is 24.9. The predicted molar refractivity (Wildman–Crippen MR) is 71.3 cm³/mol. The van der Waals surface area contributed by atoms with Crippen molar-refractivity contribution in [2.45, 2.75) is 38.6 Å². The number of carboxylic acid groups (broad SMARTS) is 1. The predicted octanol–water partition coefficient (Wildman–Crippen LogP) is 1.25. The monoisotopic (exact) mass is 281 g/mol. The summed E-state index contributed by atoms with van der Waals surface area (Å²) in [7, 11) is 0. The molecule has 1 fully saturated rings. The first-order chi connectivity index (χ1) is 9.56. The number of aromatic nitrogens is 1. The van der Waals surface area contributed by atoms with E-state index in [4.69, 9.17) is 4.52 Å². The van der Waals surface area contributed by atoms with Crippen LogP contribution in [0.5, 0.6) is 0 Å². The van der Waals surface area contributed by atoms with Crippen molar-refractivity contribution in [3.63, 3.8) is 0 Å². The fourth-order valence-electron chi connectivity index (χ4n) is 2.42. The summed E-state index contributed by atoms with van der Waals surface area (Å²) in [6, 6.07) is 1.04. The molecule has 1 unspecified atom stereocenters. The zero-order valence-electron chi connectivity index (χ0n) is 11.5.